The van der Waals surface area contributed by atoms with E-state index in [-0.39, 0.29) is 18.0 Å². The zero-order valence-electron chi connectivity index (χ0n) is 15.1. The number of hydrogen-bond acceptors (Lipinski definition) is 4. The summed E-state index contributed by atoms with van der Waals surface area (Å²) < 4.78 is 5.23. The number of nitrogens with one attached hydrogen (secondary N) is 1. The highest BCUT2D eigenvalue weighted by atomic mass is 16.6. The summed E-state index contributed by atoms with van der Waals surface area (Å²) in [6, 6.07) is 3.34. The number of carbonyl (C=O) groups excluding carboxylic acids is 2. The van der Waals surface area contributed by atoms with Crippen LogP contribution in [0.5, 0.6) is 0 Å². The highest BCUT2D eigenvalue weighted by Gasteiger charge is 2.38. The van der Waals surface area contributed by atoms with Crippen molar-refractivity contribution < 1.29 is 14.3 Å². The molecular formula is C18H27N3O3. The zero-order chi connectivity index (χ0) is 17.9. The number of ether oxygens (including phenoxy) is 1. The van der Waals surface area contributed by atoms with Crippen LogP contribution < -0.4 is 5.32 Å². The SMILES string of the molecule is C[C@H](c1cccnc1)N(C(=O)[C@@H](C)NC(=O)OC(C)(C)C)C1CC1. The molecular weight excluding hydrogens is 306 g/mol. The number of amides is 2. The van der Waals surface area contributed by atoms with Crippen molar-refractivity contribution in [3.8, 4) is 0 Å². The number of hydrogen-bond donors (Lipinski definition) is 1. The number of aromatic nitrogens is 1. The van der Waals surface area contributed by atoms with Gasteiger partial charge in [0.05, 0.1) is 6.04 Å². The summed E-state index contributed by atoms with van der Waals surface area (Å²) in [4.78, 5) is 30.8. The van der Waals surface area contributed by atoms with Gasteiger partial charge in [-0.25, -0.2) is 4.79 Å². The second kappa shape index (κ2) is 7.20. The summed E-state index contributed by atoms with van der Waals surface area (Å²) in [5.41, 5.74) is 0.397. The van der Waals surface area contributed by atoms with Gasteiger partial charge in [0.15, 0.2) is 0 Å². The Morgan fingerprint density at radius 2 is 2.00 bits per heavy atom. The first-order chi connectivity index (χ1) is 11.2. The summed E-state index contributed by atoms with van der Waals surface area (Å²) in [6.07, 6.45) is 4.91. The Labute approximate surface area is 143 Å². The number of rotatable bonds is 5. The molecule has 1 aromatic heterocycles. The highest BCUT2D eigenvalue weighted by molar-refractivity contribution is 5.86. The van der Waals surface area contributed by atoms with Gasteiger partial charge in [0.1, 0.15) is 11.6 Å². The van der Waals surface area contributed by atoms with Crippen molar-refractivity contribution in [1.82, 2.24) is 15.2 Å². The lowest BCUT2D eigenvalue weighted by Crippen LogP contribution is -2.49. The maximum absolute atomic E-state index is 12.9. The normalized spacial score (nSPS) is 16.9. The van der Waals surface area contributed by atoms with Crippen LogP contribution in [0.15, 0.2) is 24.5 Å². The second-order valence-corrected chi connectivity index (χ2v) is 7.31. The lowest BCUT2D eigenvalue weighted by atomic mass is 10.1. The van der Waals surface area contributed by atoms with Crippen LogP contribution in [0.25, 0.3) is 0 Å². The Kier molecular flexibility index (Phi) is 5.47. The molecule has 2 atom stereocenters. The molecule has 132 valence electrons. The van der Waals surface area contributed by atoms with Crippen molar-refractivity contribution in [3.63, 3.8) is 0 Å². The van der Waals surface area contributed by atoms with Crippen molar-refractivity contribution in [2.45, 2.75) is 71.2 Å². The summed E-state index contributed by atoms with van der Waals surface area (Å²) in [6.45, 7) is 9.06. The Balaban J connectivity index is 2.05. The van der Waals surface area contributed by atoms with Crippen molar-refractivity contribution in [2.75, 3.05) is 0 Å². The molecule has 0 aliphatic heterocycles. The fourth-order valence-electron chi connectivity index (χ4n) is 2.59. The molecule has 0 spiro atoms. The number of pyridine rings is 1. The summed E-state index contributed by atoms with van der Waals surface area (Å²) in [5, 5.41) is 2.64. The van der Waals surface area contributed by atoms with Crippen LogP contribution in [0.1, 0.15) is 59.1 Å². The second-order valence-electron chi connectivity index (χ2n) is 7.31. The van der Waals surface area contributed by atoms with Crippen LogP contribution in [0.3, 0.4) is 0 Å². The van der Waals surface area contributed by atoms with E-state index in [2.05, 4.69) is 10.3 Å². The molecule has 0 radical (unpaired) electrons. The van der Waals surface area contributed by atoms with Crippen molar-refractivity contribution in [2.24, 2.45) is 0 Å². The molecule has 24 heavy (non-hydrogen) atoms. The summed E-state index contributed by atoms with van der Waals surface area (Å²) in [5.74, 6) is -0.0975. The van der Waals surface area contributed by atoms with Crippen LogP contribution in [0, 0.1) is 0 Å². The molecule has 2 rings (SSSR count). The van der Waals surface area contributed by atoms with Gasteiger partial charge >= 0.3 is 6.09 Å². The van der Waals surface area contributed by atoms with E-state index in [9.17, 15) is 9.59 Å². The summed E-state index contributed by atoms with van der Waals surface area (Å²) >= 11 is 0. The minimum absolute atomic E-state index is 0.0819. The Hall–Kier alpha value is -2.11. The largest absolute Gasteiger partial charge is 0.444 e. The third-order valence-corrected chi connectivity index (χ3v) is 3.88. The van der Waals surface area contributed by atoms with Gasteiger partial charge in [-0.05, 0) is 59.1 Å². The Bertz CT molecular complexity index is 579. The maximum atomic E-state index is 12.9. The van der Waals surface area contributed by atoms with E-state index in [1.807, 2.05) is 24.0 Å². The topological polar surface area (TPSA) is 71.5 Å². The smallest absolute Gasteiger partial charge is 0.408 e. The van der Waals surface area contributed by atoms with E-state index < -0.39 is 17.7 Å². The van der Waals surface area contributed by atoms with Crippen LogP contribution in [0.2, 0.25) is 0 Å². The van der Waals surface area contributed by atoms with Gasteiger partial charge in [-0.15, -0.1) is 0 Å². The van der Waals surface area contributed by atoms with E-state index in [1.54, 1.807) is 40.1 Å². The molecule has 1 aliphatic rings. The molecule has 2 amide bonds. The number of carbonyl (C=O) groups is 2. The predicted molar refractivity (Wildman–Crippen MR) is 91.4 cm³/mol. The molecule has 0 aromatic carbocycles. The average molecular weight is 333 g/mol. The zero-order valence-corrected chi connectivity index (χ0v) is 15.1. The molecule has 1 fully saturated rings. The van der Waals surface area contributed by atoms with Crippen LogP contribution in [-0.2, 0) is 9.53 Å². The molecule has 0 unspecified atom stereocenters. The molecule has 0 bridgehead atoms. The average Bonchev–Trinajstić information content (AvgIpc) is 3.30. The van der Waals surface area contributed by atoms with Crippen molar-refractivity contribution in [3.05, 3.63) is 30.1 Å². The monoisotopic (exact) mass is 333 g/mol. The van der Waals surface area contributed by atoms with Gasteiger partial charge in [-0.1, -0.05) is 6.07 Å². The van der Waals surface area contributed by atoms with E-state index in [1.165, 1.54) is 0 Å². The van der Waals surface area contributed by atoms with Gasteiger partial charge < -0.3 is 15.0 Å². The van der Waals surface area contributed by atoms with Crippen LogP contribution in [-0.4, -0.2) is 39.6 Å². The number of alkyl carbamates (subject to hydrolysis) is 1. The first kappa shape index (κ1) is 18.2. The molecule has 1 heterocycles. The van der Waals surface area contributed by atoms with Gasteiger partial charge in [0.2, 0.25) is 5.91 Å². The first-order valence-corrected chi connectivity index (χ1v) is 8.40. The van der Waals surface area contributed by atoms with E-state index >= 15 is 0 Å². The fraction of sp³-hybridized carbons (Fsp3) is 0.611. The van der Waals surface area contributed by atoms with Gasteiger partial charge in [0.25, 0.3) is 0 Å². The van der Waals surface area contributed by atoms with Gasteiger partial charge in [-0.2, -0.15) is 0 Å². The minimum Gasteiger partial charge on any atom is -0.444 e. The third kappa shape index (κ3) is 4.94. The van der Waals surface area contributed by atoms with Crippen LogP contribution >= 0.6 is 0 Å². The highest BCUT2D eigenvalue weighted by Crippen LogP contribution is 2.34. The first-order valence-electron chi connectivity index (χ1n) is 8.40. The molecule has 0 saturated heterocycles. The molecule has 6 nitrogen and oxygen atoms in total. The molecule has 1 saturated carbocycles. The molecule has 1 aromatic rings. The number of nitrogens with zero attached hydrogens (tertiary/aromatic N) is 2. The quantitative estimate of drug-likeness (QED) is 0.899. The lowest BCUT2D eigenvalue weighted by molar-refractivity contribution is -0.136. The van der Waals surface area contributed by atoms with Gasteiger partial charge in [0, 0.05) is 18.4 Å². The molecule has 1 aliphatic carbocycles. The third-order valence-electron chi connectivity index (χ3n) is 3.88. The Morgan fingerprint density at radius 1 is 1.33 bits per heavy atom. The lowest BCUT2D eigenvalue weighted by Gasteiger charge is -2.32. The molecule has 1 N–H and O–H groups in total. The van der Waals surface area contributed by atoms with Crippen molar-refractivity contribution in [1.29, 1.82) is 0 Å². The predicted octanol–water partition coefficient (Wildman–Crippen LogP) is 3.05. The Morgan fingerprint density at radius 3 is 2.50 bits per heavy atom. The fourth-order valence-corrected chi connectivity index (χ4v) is 2.59. The van der Waals surface area contributed by atoms with E-state index in [4.69, 9.17) is 4.74 Å². The van der Waals surface area contributed by atoms with Crippen molar-refractivity contribution >= 4 is 12.0 Å². The van der Waals surface area contributed by atoms with E-state index in [0.29, 0.717) is 0 Å². The van der Waals surface area contributed by atoms with Crippen LogP contribution in [0.4, 0.5) is 4.79 Å². The van der Waals surface area contributed by atoms with E-state index in [0.717, 1.165) is 18.4 Å². The standard InChI is InChI=1S/C18H27N3O3/c1-12(20-17(23)24-18(3,4)5)16(22)21(15-8-9-15)13(2)14-7-6-10-19-11-14/h6-7,10-13,15H,8-9H2,1-5H3,(H,20,23)/t12-,13-/m1/s1. The minimum atomic E-state index is -0.639. The van der Waals surface area contributed by atoms with Gasteiger partial charge in [-0.3, -0.25) is 9.78 Å². The molecule has 6 heteroatoms. The summed E-state index contributed by atoms with van der Waals surface area (Å²) in [7, 11) is 0. The maximum Gasteiger partial charge on any atom is 0.408 e.